The summed E-state index contributed by atoms with van der Waals surface area (Å²) in [5, 5.41) is 3.05. The van der Waals surface area contributed by atoms with E-state index in [2.05, 4.69) is 5.32 Å². The van der Waals surface area contributed by atoms with E-state index in [-0.39, 0.29) is 5.91 Å². The van der Waals surface area contributed by atoms with Gasteiger partial charge in [-0.25, -0.2) is 0 Å². The number of nitrogens with two attached hydrogens (primary N) is 1. The molecule has 86 valence electrons. The third-order valence-electron chi connectivity index (χ3n) is 2.77. The van der Waals surface area contributed by atoms with Gasteiger partial charge < -0.3 is 11.1 Å². The Morgan fingerprint density at radius 1 is 1.56 bits per heavy atom. The van der Waals surface area contributed by atoms with Crippen LogP contribution in [0.1, 0.15) is 22.3 Å². The number of amides is 1. The van der Waals surface area contributed by atoms with Crippen molar-refractivity contribution >= 4 is 23.4 Å². The zero-order valence-corrected chi connectivity index (χ0v) is 10.1. The van der Waals surface area contributed by atoms with Crippen molar-refractivity contribution in [1.29, 1.82) is 0 Å². The highest BCUT2D eigenvalue weighted by molar-refractivity contribution is 7.99. The third kappa shape index (κ3) is 2.50. The lowest BCUT2D eigenvalue weighted by Crippen LogP contribution is -2.35. The summed E-state index contributed by atoms with van der Waals surface area (Å²) in [5.74, 6) is 2.16. The monoisotopic (exact) mass is 236 g/mol. The van der Waals surface area contributed by atoms with Crippen molar-refractivity contribution in [1.82, 2.24) is 5.32 Å². The summed E-state index contributed by atoms with van der Waals surface area (Å²) in [4.78, 5) is 12.0. The van der Waals surface area contributed by atoms with Gasteiger partial charge in [-0.1, -0.05) is 6.07 Å². The number of carbonyl (C=O) groups excluding carboxylic acids is 1. The Morgan fingerprint density at radius 2 is 2.38 bits per heavy atom. The summed E-state index contributed by atoms with van der Waals surface area (Å²) in [6.07, 6.45) is 1.07. The lowest BCUT2D eigenvalue weighted by atomic mass is 10.1. The van der Waals surface area contributed by atoms with Crippen molar-refractivity contribution in [3.63, 3.8) is 0 Å². The van der Waals surface area contributed by atoms with Crippen LogP contribution in [0.2, 0.25) is 0 Å². The molecule has 3 N–H and O–H groups in total. The number of carbonyl (C=O) groups is 1. The van der Waals surface area contributed by atoms with E-state index in [4.69, 9.17) is 5.73 Å². The van der Waals surface area contributed by atoms with Gasteiger partial charge in [0.25, 0.3) is 5.91 Å². The molecule has 1 aromatic carbocycles. The fourth-order valence-electron chi connectivity index (χ4n) is 1.80. The fourth-order valence-corrected chi connectivity index (χ4v) is 2.95. The highest BCUT2D eigenvalue weighted by Crippen LogP contribution is 2.18. The van der Waals surface area contributed by atoms with Crippen molar-refractivity contribution in [3.8, 4) is 0 Å². The van der Waals surface area contributed by atoms with Gasteiger partial charge in [-0.05, 0) is 36.8 Å². The number of thioether (sulfide) groups is 1. The summed E-state index contributed by atoms with van der Waals surface area (Å²) in [6.45, 7) is 1.93. The van der Waals surface area contributed by atoms with Crippen molar-refractivity contribution < 1.29 is 4.79 Å². The Kier molecular flexibility index (Phi) is 3.39. The molecule has 0 saturated carbocycles. The van der Waals surface area contributed by atoms with Crippen LogP contribution in [-0.4, -0.2) is 23.5 Å². The number of anilines is 1. The average Bonchev–Trinajstić information content (AvgIpc) is 2.74. The molecule has 1 unspecified atom stereocenters. The average molecular weight is 236 g/mol. The summed E-state index contributed by atoms with van der Waals surface area (Å²) in [5.41, 5.74) is 7.99. The minimum Gasteiger partial charge on any atom is -0.399 e. The predicted molar refractivity (Wildman–Crippen MR) is 68.8 cm³/mol. The Bertz CT molecular complexity index is 400. The van der Waals surface area contributed by atoms with Crippen LogP contribution >= 0.6 is 11.8 Å². The molecule has 0 radical (unpaired) electrons. The Hall–Kier alpha value is -1.16. The van der Waals surface area contributed by atoms with Gasteiger partial charge in [0.15, 0.2) is 0 Å². The van der Waals surface area contributed by atoms with E-state index in [1.165, 1.54) is 0 Å². The zero-order chi connectivity index (χ0) is 11.5. The molecule has 0 aliphatic carbocycles. The number of hydrogen-bond acceptors (Lipinski definition) is 3. The molecule has 0 bridgehead atoms. The van der Waals surface area contributed by atoms with Crippen LogP contribution in [0.15, 0.2) is 18.2 Å². The van der Waals surface area contributed by atoms with Crippen LogP contribution in [0.3, 0.4) is 0 Å². The maximum atomic E-state index is 12.0. The van der Waals surface area contributed by atoms with Crippen molar-refractivity contribution in [2.24, 2.45) is 0 Å². The smallest absolute Gasteiger partial charge is 0.251 e. The molecule has 3 nitrogen and oxygen atoms in total. The van der Waals surface area contributed by atoms with Gasteiger partial charge in [-0.2, -0.15) is 11.8 Å². The molecule has 1 aliphatic rings. The van der Waals surface area contributed by atoms with Gasteiger partial charge in [0.2, 0.25) is 0 Å². The van der Waals surface area contributed by atoms with Gasteiger partial charge >= 0.3 is 0 Å². The Balaban J connectivity index is 2.10. The molecule has 0 spiro atoms. The normalized spacial score (nSPS) is 19.7. The molecular weight excluding hydrogens is 220 g/mol. The minimum absolute atomic E-state index is 0.00250. The Morgan fingerprint density at radius 3 is 3.06 bits per heavy atom. The lowest BCUT2D eigenvalue weighted by molar-refractivity contribution is 0.0940. The second-order valence-electron chi connectivity index (χ2n) is 4.11. The van der Waals surface area contributed by atoms with E-state index in [0.29, 0.717) is 17.3 Å². The van der Waals surface area contributed by atoms with Crippen LogP contribution in [0.4, 0.5) is 5.69 Å². The maximum absolute atomic E-state index is 12.0. The highest BCUT2D eigenvalue weighted by Gasteiger charge is 2.19. The SMILES string of the molecule is Cc1ccc(N)cc1C(=O)NC1CCSC1. The molecule has 1 saturated heterocycles. The van der Waals surface area contributed by atoms with Crippen LogP contribution < -0.4 is 11.1 Å². The van der Waals surface area contributed by atoms with Crippen molar-refractivity contribution in [2.45, 2.75) is 19.4 Å². The second kappa shape index (κ2) is 4.78. The summed E-state index contributed by atoms with van der Waals surface area (Å²) in [6, 6.07) is 5.76. The minimum atomic E-state index is -0.00250. The second-order valence-corrected chi connectivity index (χ2v) is 5.26. The van der Waals surface area contributed by atoms with Gasteiger partial charge in [0.1, 0.15) is 0 Å². The number of nitrogens with one attached hydrogen (secondary N) is 1. The first-order valence-electron chi connectivity index (χ1n) is 5.41. The fraction of sp³-hybridized carbons (Fsp3) is 0.417. The van der Waals surface area contributed by atoms with Crippen LogP contribution in [0.5, 0.6) is 0 Å². The van der Waals surface area contributed by atoms with Crippen LogP contribution in [0, 0.1) is 6.92 Å². The molecule has 1 aromatic rings. The lowest BCUT2D eigenvalue weighted by Gasteiger charge is -2.13. The number of hydrogen-bond donors (Lipinski definition) is 2. The molecule has 4 heteroatoms. The van der Waals surface area contributed by atoms with E-state index in [9.17, 15) is 4.79 Å². The molecule has 1 atom stereocenters. The molecule has 2 rings (SSSR count). The highest BCUT2D eigenvalue weighted by atomic mass is 32.2. The van der Waals surface area contributed by atoms with Crippen LogP contribution in [0.25, 0.3) is 0 Å². The molecule has 1 aliphatic heterocycles. The van der Waals surface area contributed by atoms with Gasteiger partial charge in [0, 0.05) is 23.0 Å². The van der Waals surface area contributed by atoms with Crippen molar-refractivity contribution in [2.75, 3.05) is 17.2 Å². The summed E-state index contributed by atoms with van der Waals surface area (Å²) >= 11 is 1.89. The molecule has 1 amide bonds. The predicted octanol–water partition coefficient (Wildman–Crippen LogP) is 1.81. The Labute approximate surface area is 99.8 Å². The number of rotatable bonds is 2. The van der Waals surface area contributed by atoms with E-state index in [1.54, 1.807) is 6.07 Å². The van der Waals surface area contributed by atoms with E-state index >= 15 is 0 Å². The molecule has 1 heterocycles. The van der Waals surface area contributed by atoms with Gasteiger partial charge in [-0.15, -0.1) is 0 Å². The van der Waals surface area contributed by atoms with Gasteiger partial charge in [0.05, 0.1) is 0 Å². The first-order valence-corrected chi connectivity index (χ1v) is 6.57. The largest absolute Gasteiger partial charge is 0.399 e. The first-order chi connectivity index (χ1) is 7.66. The molecule has 0 aromatic heterocycles. The number of benzene rings is 1. The summed E-state index contributed by atoms with van der Waals surface area (Å²) < 4.78 is 0. The van der Waals surface area contributed by atoms with E-state index < -0.39 is 0 Å². The first kappa shape index (κ1) is 11.3. The van der Waals surface area contributed by atoms with E-state index in [0.717, 1.165) is 23.5 Å². The van der Waals surface area contributed by atoms with Crippen LogP contribution in [-0.2, 0) is 0 Å². The standard InChI is InChI=1S/C12H16N2OS/c1-8-2-3-9(13)6-11(8)12(15)14-10-4-5-16-7-10/h2-3,6,10H,4-5,7,13H2,1H3,(H,14,15). The zero-order valence-electron chi connectivity index (χ0n) is 9.32. The van der Waals surface area contributed by atoms with E-state index in [1.807, 2.05) is 30.8 Å². The molecular formula is C12H16N2OS. The molecule has 16 heavy (non-hydrogen) atoms. The topological polar surface area (TPSA) is 55.1 Å². The number of nitrogen functional groups attached to an aromatic ring is 1. The molecule has 1 fully saturated rings. The van der Waals surface area contributed by atoms with Gasteiger partial charge in [-0.3, -0.25) is 4.79 Å². The quantitative estimate of drug-likeness (QED) is 0.770. The third-order valence-corrected chi connectivity index (χ3v) is 3.93. The maximum Gasteiger partial charge on any atom is 0.251 e. The number of aryl methyl sites for hydroxylation is 1. The summed E-state index contributed by atoms with van der Waals surface area (Å²) in [7, 11) is 0. The van der Waals surface area contributed by atoms with Crippen molar-refractivity contribution in [3.05, 3.63) is 29.3 Å².